The number of benzene rings is 2. The predicted molar refractivity (Wildman–Crippen MR) is 144 cm³/mol. The number of rotatable bonds is 4. The van der Waals surface area contributed by atoms with Crippen molar-refractivity contribution in [1.82, 2.24) is 14.5 Å². The highest BCUT2D eigenvalue weighted by molar-refractivity contribution is 7.89. The van der Waals surface area contributed by atoms with E-state index in [1.807, 2.05) is 12.1 Å². The lowest BCUT2D eigenvalue weighted by atomic mass is 9.95. The van der Waals surface area contributed by atoms with Crippen molar-refractivity contribution in [2.24, 2.45) is 0 Å². The maximum Gasteiger partial charge on any atom is 0.254 e. The van der Waals surface area contributed by atoms with Gasteiger partial charge in [0, 0.05) is 26.2 Å². The monoisotopic (exact) mass is 529 g/mol. The van der Waals surface area contributed by atoms with Crippen LogP contribution in [0.4, 0.5) is 0 Å². The van der Waals surface area contributed by atoms with Crippen LogP contribution in [-0.2, 0) is 16.4 Å². The summed E-state index contributed by atoms with van der Waals surface area (Å²) in [6.07, 6.45) is 7.57. The van der Waals surface area contributed by atoms with Crippen LogP contribution in [0.5, 0.6) is 11.5 Å². The van der Waals surface area contributed by atoms with Gasteiger partial charge in [-0.25, -0.2) is 8.42 Å². The summed E-state index contributed by atoms with van der Waals surface area (Å²) >= 11 is 0. The first kappa shape index (κ1) is 27.4. The van der Waals surface area contributed by atoms with Gasteiger partial charge < -0.3 is 19.7 Å². The van der Waals surface area contributed by atoms with Gasteiger partial charge in [-0.2, -0.15) is 4.31 Å². The first-order chi connectivity index (χ1) is 17.9. The summed E-state index contributed by atoms with van der Waals surface area (Å²) in [5.74, 6) is 0.691. The normalized spacial score (nSPS) is 20.5. The molecular formula is C28H39N3O5S. The second-order valence-corrected chi connectivity index (χ2v) is 11.7. The second kappa shape index (κ2) is 12.8. The second-order valence-electron chi connectivity index (χ2n) is 9.77. The van der Waals surface area contributed by atoms with Crippen LogP contribution in [0.2, 0.25) is 0 Å². The molecule has 2 heterocycles. The smallest absolute Gasteiger partial charge is 0.254 e. The molecule has 0 aliphatic carbocycles. The predicted octanol–water partition coefficient (Wildman–Crippen LogP) is 3.71. The van der Waals surface area contributed by atoms with E-state index in [1.165, 1.54) is 61.5 Å². The molecule has 0 spiro atoms. The van der Waals surface area contributed by atoms with E-state index >= 15 is 0 Å². The standard InChI is InChI=1S/C28H39N3O5S/c1-29-28(32)26-21-25(13-14-27(26)35-2)37(33,34)31-17-6-5-16-30-15-4-3-9-23(30)12-11-22-8-7-10-24(20-22)36-19-18-31/h7-8,10,13-14,20-21,23H,3-6,9,11-12,15-19H2,1-2H3,(H,29,32). The highest BCUT2D eigenvalue weighted by Gasteiger charge is 2.27. The number of fused-ring (bicyclic) bond motifs is 3. The molecule has 0 radical (unpaired) electrons. The molecule has 2 aliphatic rings. The quantitative estimate of drug-likeness (QED) is 0.650. The average molecular weight is 530 g/mol. The molecule has 0 saturated carbocycles. The van der Waals surface area contributed by atoms with Crippen molar-refractivity contribution >= 4 is 15.9 Å². The molecule has 2 aromatic carbocycles. The average Bonchev–Trinajstić information content (AvgIpc) is 2.93. The van der Waals surface area contributed by atoms with Gasteiger partial charge in [0.1, 0.15) is 18.1 Å². The van der Waals surface area contributed by atoms with Crippen LogP contribution in [0.25, 0.3) is 0 Å². The molecule has 37 heavy (non-hydrogen) atoms. The molecule has 9 heteroatoms. The zero-order valence-electron chi connectivity index (χ0n) is 21.9. The Balaban J connectivity index is 1.58. The molecule has 1 amide bonds. The number of sulfonamides is 1. The number of methoxy groups -OCH3 is 1. The Labute approximate surface area is 221 Å². The topological polar surface area (TPSA) is 88.2 Å². The molecule has 1 atom stereocenters. The zero-order valence-corrected chi connectivity index (χ0v) is 22.8. The van der Waals surface area contributed by atoms with Crippen molar-refractivity contribution in [3.63, 3.8) is 0 Å². The summed E-state index contributed by atoms with van der Waals surface area (Å²) < 4.78 is 40.2. The molecule has 1 saturated heterocycles. The van der Waals surface area contributed by atoms with Crippen molar-refractivity contribution in [1.29, 1.82) is 0 Å². The minimum atomic E-state index is -3.85. The van der Waals surface area contributed by atoms with Crippen LogP contribution in [0.15, 0.2) is 47.4 Å². The van der Waals surface area contributed by atoms with E-state index in [0.717, 1.165) is 44.5 Å². The van der Waals surface area contributed by atoms with Crippen molar-refractivity contribution in [2.75, 3.05) is 46.9 Å². The molecule has 2 bridgehead atoms. The maximum atomic E-state index is 13.7. The van der Waals surface area contributed by atoms with Crippen LogP contribution < -0.4 is 14.8 Å². The first-order valence-electron chi connectivity index (χ1n) is 13.3. The number of carbonyl (C=O) groups is 1. The largest absolute Gasteiger partial charge is 0.496 e. The van der Waals surface area contributed by atoms with E-state index in [2.05, 4.69) is 22.3 Å². The first-order valence-corrected chi connectivity index (χ1v) is 14.7. The minimum absolute atomic E-state index is 0.0721. The summed E-state index contributed by atoms with van der Waals surface area (Å²) in [6, 6.07) is 13.1. The lowest BCUT2D eigenvalue weighted by Crippen LogP contribution is -2.40. The number of nitrogens with one attached hydrogen (secondary N) is 1. The van der Waals surface area contributed by atoms with E-state index < -0.39 is 15.9 Å². The summed E-state index contributed by atoms with van der Waals surface area (Å²) in [7, 11) is -0.890. The Morgan fingerprint density at radius 3 is 2.57 bits per heavy atom. The van der Waals surface area contributed by atoms with E-state index in [1.54, 1.807) is 0 Å². The minimum Gasteiger partial charge on any atom is -0.496 e. The van der Waals surface area contributed by atoms with Gasteiger partial charge in [0.2, 0.25) is 10.0 Å². The van der Waals surface area contributed by atoms with Crippen molar-refractivity contribution < 1.29 is 22.7 Å². The van der Waals surface area contributed by atoms with Gasteiger partial charge in [-0.1, -0.05) is 18.6 Å². The molecule has 8 nitrogen and oxygen atoms in total. The van der Waals surface area contributed by atoms with Crippen LogP contribution in [0.1, 0.15) is 54.4 Å². The number of aryl methyl sites for hydroxylation is 1. The van der Waals surface area contributed by atoms with Crippen LogP contribution in [0, 0.1) is 0 Å². The van der Waals surface area contributed by atoms with E-state index in [0.29, 0.717) is 18.3 Å². The van der Waals surface area contributed by atoms with Gasteiger partial charge in [-0.3, -0.25) is 4.79 Å². The van der Waals surface area contributed by atoms with Gasteiger partial charge in [-0.15, -0.1) is 0 Å². The van der Waals surface area contributed by atoms with Crippen LogP contribution in [-0.4, -0.2) is 76.5 Å². The van der Waals surface area contributed by atoms with Crippen molar-refractivity contribution in [3.05, 3.63) is 53.6 Å². The molecule has 2 aromatic rings. The highest BCUT2D eigenvalue weighted by atomic mass is 32.2. The third-order valence-electron chi connectivity index (χ3n) is 7.41. The summed E-state index contributed by atoms with van der Waals surface area (Å²) in [4.78, 5) is 15.0. The molecule has 1 N–H and O–H groups in total. The number of piperidine rings is 1. The fraction of sp³-hybridized carbons (Fsp3) is 0.536. The number of hydrogen-bond donors (Lipinski definition) is 1. The van der Waals surface area contributed by atoms with Crippen molar-refractivity contribution in [3.8, 4) is 11.5 Å². The Morgan fingerprint density at radius 1 is 1.00 bits per heavy atom. The van der Waals surface area contributed by atoms with Crippen LogP contribution >= 0.6 is 0 Å². The maximum absolute atomic E-state index is 13.7. The third-order valence-corrected chi connectivity index (χ3v) is 9.30. The van der Waals surface area contributed by atoms with E-state index in [-0.39, 0.29) is 23.6 Å². The summed E-state index contributed by atoms with van der Waals surface area (Å²) in [5.41, 5.74) is 1.44. The Bertz CT molecular complexity index is 1170. The lowest BCUT2D eigenvalue weighted by molar-refractivity contribution is 0.0960. The number of carbonyl (C=O) groups excluding carboxylic acids is 1. The Kier molecular flexibility index (Phi) is 9.45. The number of amides is 1. The van der Waals surface area contributed by atoms with Gasteiger partial charge >= 0.3 is 0 Å². The third kappa shape index (κ3) is 6.83. The highest BCUT2D eigenvalue weighted by Crippen LogP contribution is 2.26. The van der Waals surface area contributed by atoms with Gasteiger partial charge in [0.25, 0.3) is 5.91 Å². The fourth-order valence-electron chi connectivity index (χ4n) is 5.33. The molecule has 4 rings (SSSR count). The van der Waals surface area contributed by atoms with Crippen LogP contribution in [0.3, 0.4) is 0 Å². The van der Waals surface area contributed by atoms with Crippen molar-refractivity contribution in [2.45, 2.75) is 55.9 Å². The van der Waals surface area contributed by atoms with Gasteiger partial charge in [0.05, 0.1) is 17.6 Å². The fourth-order valence-corrected chi connectivity index (χ4v) is 6.82. The van der Waals surface area contributed by atoms with E-state index in [4.69, 9.17) is 9.47 Å². The molecular weight excluding hydrogens is 490 g/mol. The SMILES string of the molecule is CNC(=O)c1cc(S(=O)(=O)N2CCCCN3CCCCC3CCc3cccc(c3)OCC2)ccc1OC. The number of ether oxygens (including phenoxy) is 2. The Morgan fingerprint density at radius 2 is 1.78 bits per heavy atom. The molecule has 1 unspecified atom stereocenters. The Hall–Kier alpha value is -2.62. The summed E-state index contributed by atoms with van der Waals surface area (Å²) in [5, 5.41) is 2.55. The molecule has 1 fully saturated rings. The van der Waals surface area contributed by atoms with E-state index in [9.17, 15) is 13.2 Å². The van der Waals surface area contributed by atoms with Gasteiger partial charge in [0.15, 0.2) is 0 Å². The molecule has 2 aliphatic heterocycles. The van der Waals surface area contributed by atoms with Gasteiger partial charge in [-0.05, 0) is 87.5 Å². The molecule has 202 valence electrons. The summed E-state index contributed by atoms with van der Waals surface area (Å²) in [6.45, 7) is 2.96. The number of hydrogen-bond acceptors (Lipinski definition) is 6. The zero-order chi connectivity index (χ0) is 26.3. The lowest BCUT2D eigenvalue weighted by Gasteiger charge is -2.36. The number of nitrogens with zero attached hydrogens (tertiary/aromatic N) is 2. The molecule has 0 aromatic heterocycles.